The van der Waals surface area contributed by atoms with E-state index in [9.17, 15) is 15.0 Å². The highest BCUT2D eigenvalue weighted by atomic mass is 16.5. The maximum Gasteiger partial charge on any atom is 0.308 e. The monoisotopic (exact) mass is 467 g/mol. The first kappa shape index (κ1) is 24.2. The molecule has 0 bridgehead atoms. The first-order valence-corrected chi connectivity index (χ1v) is 12.0. The lowest BCUT2D eigenvalue weighted by Crippen LogP contribution is -2.44. The van der Waals surface area contributed by atoms with Crippen LogP contribution in [0.3, 0.4) is 0 Å². The lowest BCUT2D eigenvalue weighted by Gasteiger charge is -2.37. The van der Waals surface area contributed by atoms with Gasteiger partial charge in [-0.05, 0) is 80.9 Å². The second-order valence-electron chi connectivity index (χ2n) is 9.05. The normalized spacial score (nSPS) is 19.8. The van der Waals surface area contributed by atoms with Gasteiger partial charge < -0.3 is 24.3 Å². The predicted molar refractivity (Wildman–Crippen MR) is 128 cm³/mol. The molecule has 3 aromatic rings. The van der Waals surface area contributed by atoms with Gasteiger partial charge in [0.2, 0.25) is 0 Å². The number of aryl methyl sites for hydroxylation is 1. The summed E-state index contributed by atoms with van der Waals surface area (Å²) in [5, 5.41) is 21.7. The molecule has 1 aromatic carbocycles. The number of carboxylic acid groups (broad SMARTS) is 1. The van der Waals surface area contributed by atoms with Crippen molar-refractivity contribution < 1.29 is 24.2 Å². The van der Waals surface area contributed by atoms with Gasteiger partial charge in [-0.15, -0.1) is 0 Å². The molecule has 4 rings (SSSR count). The second-order valence-corrected chi connectivity index (χ2v) is 9.05. The fourth-order valence-corrected chi connectivity index (χ4v) is 4.98. The highest BCUT2D eigenvalue weighted by molar-refractivity contribution is 5.83. The Morgan fingerprint density at radius 2 is 2.15 bits per heavy atom. The zero-order valence-electron chi connectivity index (χ0n) is 19.6. The number of benzene rings is 1. The SMILES string of the molecule is COc1ccc2nccc(C(O)CC[C@@H]3CCN(CCCCc4ncco4)C[C@@H]3C(=O)O)c2c1. The molecule has 0 radical (unpaired) electrons. The molecule has 1 saturated heterocycles. The molecular formula is C26H33N3O5. The number of ether oxygens (including phenoxy) is 1. The number of hydrogen-bond acceptors (Lipinski definition) is 7. The van der Waals surface area contributed by atoms with Crippen LogP contribution in [-0.2, 0) is 11.2 Å². The maximum atomic E-state index is 12.0. The van der Waals surface area contributed by atoms with Crippen LogP contribution in [0.1, 0.15) is 49.7 Å². The summed E-state index contributed by atoms with van der Waals surface area (Å²) >= 11 is 0. The number of piperidine rings is 1. The van der Waals surface area contributed by atoms with Gasteiger partial charge >= 0.3 is 5.97 Å². The minimum Gasteiger partial charge on any atom is -0.497 e. The van der Waals surface area contributed by atoms with Crippen LogP contribution in [0.5, 0.6) is 5.75 Å². The fourth-order valence-electron chi connectivity index (χ4n) is 4.98. The molecule has 2 N–H and O–H groups in total. The molecule has 182 valence electrons. The van der Waals surface area contributed by atoms with Crippen molar-refractivity contribution in [1.82, 2.24) is 14.9 Å². The van der Waals surface area contributed by atoms with E-state index in [2.05, 4.69) is 14.9 Å². The van der Waals surface area contributed by atoms with Gasteiger partial charge in [-0.2, -0.15) is 0 Å². The van der Waals surface area contributed by atoms with Crippen LogP contribution in [0.4, 0.5) is 0 Å². The van der Waals surface area contributed by atoms with Crippen LogP contribution in [0, 0.1) is 11.8 Å². The molecule has 1 fully saturated rings. The van der Waals surface area contributed by atoms with E-state index >= 15 is 0 Å². The summed E-state index contributed by atoms with van der Waals surface area (Å²) in [6.07, 6.45) is 9.03. The molecule has 1 unspecified atom stereocenters. The Hall–Kier alpha value is -2.97. The predicted octanol–water partition coefficient (Wildman–Crippen LogP) is 4.09. The van der Waals surface area contributed by atoms with Gasteiger partial charge in [0.05, 0.1) is 30.8 Å². The Morgan fingerprint density at radius 1 is 1.26 bits per heavy atom. The summed E-state index contributed by atoms with van der Waals surface area (Å²) in [6, 6.07) is 7.46. The molecule has 1 aliphatic rings. The molecule has 2 aromatic heterocycles. The van der Waals surface area contributed by atoms with Crippen LogP contribution >= 0.6 is 0 Å². The summed E-state index contributed by atoms with van der Waals surface area (Å²) in [5.41, 5.74) is 1.61. The maximum absolute atomic E-state index is 12.0. The number of aliphatic hydroxyl groups is 1. The Morgan fingerprint density at radius 3 is 2.91 bits per heavy atom. The highest BCUT2D eigenvalue weighted by Gasteiger charge is 2.34. The van der Waals surface area contributed by atoms with Crippen LogP contribution in [0.2, 0.25) is 0 Å². The zero-order valence-corrected chi connectivity index (χ0v) is 19.6. The number of aliphatic hydroxyl groups excluding tert-OH is 1. The number of nitrogens with zero attached hydrogens (tertiary/aromatic N) is 3. The largest absolute Gasteiger partial charge is 0.497 e. The average molecular weight is 468 g/mol. The van der Waals surface area contributed by atoms with Crippen LogP contribution in [-0.4, -0.2) is 57.8 Å². The zero-order chi connectivity index (χ0) is 23.9. The van der Waals surface area contributed by atoms with Crippen molar-refractivity contribution in [3.05, 3.63) is 54.4 Å². The first-order chi connectivity index (χ1) is 16.5. The van der Waals surface area contributed by atoms with E-state index in [1.165, 1.54) is 0 Å². The molecule has 8 nitrogen and oxygen atoms in total. The molecule has 3 heterocycles. The highest BCUT2D eigenvalue weighted by Crippen LogP contribution is 2.33. The third-order valence-electron chi connectivity index (χ3n) is 6.91. The van der Waals surface area contributed by atoms with E-state index in [4.69, 9.17) is 9.15 Å². The van der Waals surface area contributed by atoms with Gasteiger partial charge in [-0.25, -0.2) is 4.98 Å². The molecule has 0 saturated carbocycles. The Balaban J connectivity index is 1.31. The number of methoxy groups -OCH3 is 1. The van der Waals surface area contributed by atoms with Crippen molar-refractivity contribution in [2.24, 2.45) is 11.8 Å². The number of fused-ring (bicyclic) bond motifs is 1. The quantitative estimate of drug-likeness (QED) is 0.406. The van der Waals surface area contributed by atoms with Crippen LogP contribution in [0.25, 0.3) is 10.9 Å². The summed E-state index contributed by atoms with van der Waals surface area (Å²) < 4.78 is 10.6. The van der Waals surface area contributed by atoms with Crippen molar-refractivity contribution >= 4 is 16.9 Å². The molecule has 3 atom stereocenters. The molecule has 0 spiro atoms. The minimum absolute atomic E-state index is 0.0540. The van der Waals surface area contributed by atoms with E-state index in [0.717, 1.165) is 61.1 Å². The number of aromatic nitrogens is 2. The van der Waals surface area contributed by atoms with E-state index in [0.29, 0.717) is 25.1 Å². The van der Waals surface area contributed by atoms with Gasteiger partial charge in [-0.1, -0.05) is 0 Å². The van der Waals surface area contributed by atoms with Crippen molar-refractivity contribution in [1.29, 1.82) is 0 Å². The van der Waals surface area contributed by atoms with Crippen molar-refractivity contribution in [3.63, 3.8) is 0 Å². The molecule has 8 heteroatoms. The van der Waals surface area contributed by atoms with Crippen molar-refractivity contribution in [2.45, 2.75) is 44.6 Å². The van der Waals surface area contributed by atoms with Crippen molar-refractivity contribution in [2.75, 3.05) is 26.7 Å². The lowest BCUT2D eigenvalue weighted by atomic mass is 9.81. The molecular weight excluding hydrogens is 434 g/mol. The topological polar surface area (TPSA) is 109 Å². The lowest BCUT2D eigenvalue weighted by molar-refractivity contribution is -0.146. The number of aliphatic carboxylic acids is 1. The van der Waals surface area contributed by atoms with Gasteiger partial charge in [0, 0.05) is 24.5 Å². The summed E-state index contributed by atoms with van der Waals surface area (Å²) in [7, 11) is 1.61. The van der Waals surface area contributed by atoms with E-state index in [-0.39, 0.29) is 5.92 Å². The Bertz CT molecular complexity index is 1070. The Labute approximate surface area is 199 Å². The van der Waals surface area contributed by atoms with E-state index in [1.54, 1.807) is 25.8 Å². The van der Waals surface area contributed by atoms with Crippen LogP contribution < -0.4 is 4.74 Å². The van der Waals surface area contributed by atoms with Gasteiger partial charge in [0.15, 0.2) is 5.89 Å². The molecule has 1 aliphatic heterocycles. The van der Waals surface area contributed by atoms with Gasteiger partial charge in [-0.3, -0.25) is 9.78 Å². The van der Waals surface area contributed by atoms with Crippen molar-refractivity contribution in [3.8, 4) is 5.75 Å². The third kappa shape index (κ3) is 5.93. The van der Waals surface area contributed by atoms with Gasteiger partial charge in [0.25, 0.3) is 0 Å². The third-order valence-corrected chi connectivity index (χ3v) is 6.91. The molecule has 34 heavy (non-hydrogen) atoms. The summed E-state index contributed by atoms with van der Waals surface area (Å²) in [6.45, 7) is 2.33. The minimum atomic E-state index is -0.747. The average Bonchev–Trinajstić information content (AvgIpc) is 3.38. The summed E-state index contributed by atoms with van der Waals surface area (Å²) in [4.78, 5) is 22.8. The number of unbranched alkanes of at least 4 members (excludes halogenated alkanes) is 1. The smallest absolute Gasteiger partial charge is 0.308 e. The van der Waals surface area contributed by atoms with E-state index in [1.807, 2.05) is 24.3 Å². The number of oxazole rings is 1. The number of hydrogen-bond donors (Lipinski definition) is 2. The van der Waals surface area contributed by atoms with Crippen LogP contribution in [0.15, 0.2) is 47.3 Å². The standard InChI is InChI=1S/C26H33N3O5/c1-33-19-6-7-23-21(16-19)20(9-11-27-23)24(30)8-5-18-10-14-29(17-22(18)26(31)32)13-3-2-4-25-28-12-15-34-25/h6-7,9,11-12,15-16,18,22,24,30H,2-5,8,10,13-14,17H2,1H3,(H,31,32)/t18-,22+,24?/m1/s1. The molecule has 0 aliphatic carbocycles. The summed E-state index contributed by atoms with van der Waals surface area (Å²) in [5.74, 6) is 0.359. The number of rotatable bonds is 11. The van der Waals surface area contributed by atoms with E-state index < -0.39 is 18.0 Å². The fraction of sp³-hybridized carbons (Fsp3) is 0.500. The second kappa shape index (κ2) is 11.4. The Kier molecular flexibility index (Phi) is 8.13. The first-order valence-electron chi connectivity index (χ1n) is 12.0. The number of carboxylic acids is 1. The molecule has 0 amide bonds. The number of carbonyl (C=O) groups is 1. The number of likely N-dealkylation sites (tertiary alicyclic amines) is 1. The van der Waals surface area contributed by atoms with Gasteiger partial charge in [0.1, 0.15) is 12.0 Å². The number of pyridine rings is 1.